The smallest absolute Gasteiger partial charge is 0.244 e. The number of anilines is 1. The lowest BCUT2D eigenvalue weighted by Crippen LogP contribution is -2.41. The number of para-hydroxylation sites is 1. The van der Waals surface area contributed by atoms with Crippen molar-refractivity contribution in [3.63, 3.8) is 0 Å². The van der Waals surface area contributed by atoms with Gasteiger partial charge in [-0.15, -0.1) is 0 Å². The molecule has 2 aromatic heterocycles. The number of carbonyl (C=O) groups excluding carboxylic acids is 1. The van der Waals surface area contributed by atoms with Gasteiger partial charge in [0.05, 0.1) is 5.69 Å². The van der Waals surface area contributed by atoms with E-state index in [1.54, 1.807) is 6.07 Å². The molecule has 3 heterocycles. The van der Waals surface area contributed by atoms with Crippen LogP contribution in [0.1, 0.15) is 38.4 Å². The summed E-state index contributed by atoms with van der Waals surface area (Å²) in [6.45, 7) is 4.63. The van der Waals surface area contributed by atoms with E-state index >= 15 is 0 Å². The van der Waals surface area contributed by atoms with E-state index in [1.807, 2.05) is 38.1 Å². The van der Waals surface area contributed by atoms with Gasteiger partial charge >= 0.3 is 0 Å². The molecular weight excluding hydrogens is 428 g/mol. The molecule has 0 unspecified atom stereocenters. The number of hydrogen-bond acceptors (Lipinski definition) is 6. The summed E-state index contributed by atoms with van der Waals surface area (Å²) in [5.41, 5.74) is 1.37. The van der Waals surface area contributed by atoms with Crippen LogP contribution < -0.4 is 5.32 Å². The third-order valence-corrected chi connectivity index (χ3v) is 7.45. The maximum Gasteiger partial charge on any atom is 0.244 e. The van der Waals surface area contributed by atoms with Crippen LogP contribution in [0.25, 0.3) is 11.4 Å². The third-order valence-electron chi connectivity index (χ3n) is 5.57. The molecule has 168 valence electrons. The van der Waals surface area contributed by atoms with Crippen LogP contribution in [0.2, 0.25) is 0 Å². The van der Waals surface area contributed by atoms with Crippen LogP contribution in [-0.4, -0.2) is 51.9 Å². The average Bonchev–Trinajstić information content (AvgIpc) is 3.31. The second-order valence-corrected chi connectivity index (χ2v) is 10.0. The van der Waals surface area contributed by atoms with Gasteiger partial charge in [-0.2, -0.15) is 9.40 Å². The van der Waals surface area contributed by atoms with Crippen molar-refractivity contribution in [2.75, 3.05) is 18.4 Å². The summed E-state index contributed by atoms with van der Waals surface area (Å²) >= 11 is 0. The molecule has 4 rings (SSSR count). The first-order valence-corrected chi connectivity index (χ1v) is 12.0. The van der Waals surface area contributed by atoms with Crippen molar-refractivity contribution in [3.05, 3.63) is 54.6 Å². The summed E-state index contributed by atoms with van der Waals surface area (Å²) in [5, 5.41) is 10.2. The van der Waals surface area contributed by atoms with Crippen molar-refractivity contribution >= 4 is 21.6 Å². The minimum atomic E-state index is -3.60. The SMILES string of the molecule is CC(C)c1nc(-c2ccccc2NC(=O)C2CCN(S(=O)(=O)c3cccnc3)CC2)n[nH]1. The average molecular weight is 455 g/mol. The van der Waals surface area contributed by atoms with Crippen molar-refractivity contribution in [1.82, 2.24) is 24.5 Å². The summed E-state index contributed by atoms with van der Waals surface area (Å²) in [6.07, 6.45) is 3.78. The molecule has 0 atom stereocenters. The van der Waals surface area contributed by atoms with Gasteiger partial charge in [-0.05, 0) is 37.1 Å². The highest BCUT2D eigenvalue weighted by Gasteiger charge is 2.32. The lowest BCUT2D eigenvalue weighted by molar-refractivity contribution is -0.120. The fourth-order valence-electron chi connectivity index (χ4n) is 3.68. The van der Waals surface area contributed by atoms with Gasteiger partial charge in [0.1, 0.15) is 10.7 Å². The zero-order valence-corrected chi connectivity index (χ0v) is 18.8. The Balaban J connectivity index is 1.43. The van der Waals surface area contributed by atoms with Crippen LogP contribution in [0.4, 0.5) is 5.69 Å². The molecule has 1 aliphatic heterocycles. The van der Waals surface area contributed by atoms with Gasteiger partial charge in [0.15, 0.2) is 5.82 Å². The number of nitrogens with one attached hydrogen (secondary N) is 2. The number of aromatic amines is 1. The van der Waals surface area contributed by atoms with E-state index in [9.17, 15) is 13.2 Å². The lowest BCUT2D eigenvalue weighted by atomic mass is 9.97. The van der Waals surface area contributed by atoms with Crippen LogP contribution in [0.3, 0.4) is 0 Å². The fourth-order valence-corrected chi connectivity index (χ4v) is 5.12. The highest BCUT2D eigenvalue weighted by Crippen LogP contribution is 2.28. The summed E-state index contributed by atoms with van der Waals surface area (Å²) in [4.78, 5) is 21.6. The van der Waals surface area contributed by atoms with Gasteiger partial charge in [0, 0.05) is 42.9 Å². The molecule has 0 bridgehead atoms. The zero-order chi connectivity index (χ0) is 22.7. The third kappa shape index (κ3) is 4.56. The van der Waals surface area contributed by atoms with E-state index in [1.165, 1.54) is 22.8 Å². The van der Waals surface area contributed by atoms with E-state index in [4.69, 9.17) is 0 Å². The first-order chi connectivity index (χ1) is 15.4. The minimum Gasteiger partial charge on any atom is -0.325 e. The highest BCUT2D eigenvalue weighted by molar-refractivity contribution is 7.89. The summed E-state index contributed by atoms with van der Waals surface area (Å²) in [6, 6.07) is 10.5. The zero-order valence-electron chi connectivity index (χ0n) is 18.0. The summed E-state index contributed by atoms with van der Waals surface area (Å²) < 4.78 is 27.0. The van der Waals surface area contributed by atoms with Gasteiger partial charge in [0.25, 0.3) is 0 Å². The molecule has 0 saturated carbocycles. The number of pyridine rings is 1. The molecule has 3 aromatic rings. The second kappa shape index (κ2) is 9.17. The number of amides is 1. The monoisotopic (exact) mass is 454 g/mol. The van der Waals surface area contributed by atoms with Crippen LogP contribution in [0, 0.1) is 5.92 Å². The molecule has 2 N–H and O–H groups in total. The Morgan fingerprint density at radius 1 is 1.16 bits per heavy atom. The molecule has 1 aliphatic rings. The van der Waals surface area contributed by atoms with Crippen LogP contribution in [-0.2, 0) is 14.8 Å². The summed E-state index contributed by atoms with van der Waals surface area (Å²) in [5.74, 6) is 1.12. The normalized spacial score (nSPS) is 15.7. The Bertz CT molecular complexity index is 1190. The molecule has 0 radical (unpaired) electrons. The number of sulfonamides is 1. The first-order valence-electron chi connectivity index (χ1n) is 10.6. The van der Waals surface area contributed by atoms with E-state index in [0.29, 0.717) is 24.4 Å². The molecule has 9 nitrogen and oxygen atoms in total. The Hall–Kier alpha value is -3.11. The molecule has 32 heavy (non-hydrogen) atoms. The maximum atomic E-state index is 13.0. The molecule has 1 aromatic carbocycles. The molecule has 0 aliphatic carbocycles. The molecule has 0 spiro atoms. The van der Waals surface area contributed by atoms with Gasteiger partial charge in [-0.1, -0.05) is 26.0 Å². The van der Waals surface area contributed by atoms with Crippen molar-refractivity contribution in [2.45, 2.75) is 37.5 Å². The van der Waals surface area contributed by atoms with Gasteiger partial charge in [0.2, 0.25) is 15.9 Å². The highest BCUT2D eigenvalue weighted by atomic mass is 32.2. The van der Waals surface area contributed by atoms with Gasteiger partial charge < -0.3 is 5.32 Å². The van der Waals surface area contributed by atoms with Crippen LogP contribution in [0.15, 0.2) is 53.7 Å². The standard InChI is InChI=1S/C22H26N6O3S/c1-15(2)20-25-21(27-26-20)18-7-3-4-8-19(18)24-22(29)16-9-12-28(13-10-16)32(30,31)17-6-5-11-23-14-17/h3-8,11,14-16H,9-10,12-13H2,1-2H3,(H,24,29)(H,25,26,27). The molecule has 10 heteroatoms. The number of H-pyrrole nitrogens is 1. The minimum absolute atomic E-state index is 0.129. The lowest BCUT2D eigenvalue weighted by Gasteiger charge is -2.30. The van der Waals surface area contributed by atoms with Crippen molar-refractivity contribution < 1.29 is 13.2 Å². The number of aromatic nitrogens is 4. The second-order valence-electron chi connectivity index (χ2n) is 8.10. The van der Waals surface area contributed by atoms with Gasteiger partial charge in [-0.25, -0.2) is 13.4 Å². The topological polar surface area (TPSA) is 121 Å². The van der Waals surface area contributed by atoms with E-state index in [2.05, 4.69) is 25.5 Å². The maximum absolute atomic E-state index is 13.0. The predicted octanol–water partition coefficient (Wildman–Crippen LogP) is 3.03. The Labute approximate surface area is 187 Å². The van der Waals surface area contributed by atoms with Gasteiger partial charge in [-0.3, -0.25) is 14.9 Å². The predicted molar refractivity (Wildman–Crippen MR) is 120 cm³/mol. The fraction of sp³-hybridized carbons (Fsp3) is 0.364. The first kappa shape index (κ1) is 22.1. The number of piperidine rings is 1. The largest absolute Gasteiger partial charge is 0.325 e. The van der Waals surface area contributed by atoms with E-state index < -0.39 is 10.0 Å². The Kier molecular flexibility index (Phi) is 6.33. The summed E-state index contributed by atoms with van der Waals surface area (Å²) in [7, 11) is -3.60. The quantitative estimate of drug-likeness (QED) is 0.591. The number of benzene rings is 1. The van der Waals surface area contributed by atoms with Crippen LogP contribution in [0.5, 0.6) is 0 Å². The van der Waals surface area contributed by atoms with Crippen molar-refractivity contribution in [1.29, 1.82) is 0 Å². The molecule has 1 saturated heterocycles. The number of nitrogens with zero attached hydrogens (tertiary/aromatic N) is 4. The Morgan fingerprint density at radius 3 is 2.56 bits per heavy atom. The molecule has 1 amide bonds. The Morgan fingerprint density at radius 2 is 1.91 bits per heavy atom. The van der Waals surface area contributed by atoms with Crippen LogP contribution >= 0.6 is 0 Å². The number of rotatable bonds is 6. The molecular formula is C22H26N6O3S. The van der Waals surface area contributed by atoms with Crippen molar-refractivity contribution in [2.24, 2.45) is 5.92 Å². The van der Waals surface area contributed by atoms with E-state index in [-0.39, 0.29) is 35.7 Å². The number of hydrogen-bond donors (Lipinski definition) is 2. The van der Waals surface area contributed by atoms with Crippen molar-refractivity contribution in [3.8, 4) is 11.4 Å². The van der Waals surface area contributed by atoms with E-state index in [0.717, 1.165) is 11.4 Å². The molecule has 1 fully saturated rings. The number of carbonyl (C=O) groups is 1.